The molecule has 7 heteroatoms. The van der Waals surface area contributed by atoms with Crippen molar-refractivity contribution in [1.29, 1.82) is 5.26 Å². The van der Waals surface area contributed by atoms with Crippen molar-refractivity contribution < 1.29 is 23.1 Å². The van der Waals surface area contributed by atoms with Crippen LogP contribution in [0.25, 0.3) is 0 Å². The largest absolute Gasteiger partial charge is 0.481 e. The molecule has 0 saturated carbocycles. The van der Waals surface area contributed by atoms with Crippen molar-refractivity contribution in [2.75, 3.05) is 0 Å². The number of aliphatic carboxylic acids is 1. The highest BCUT2D eigenvalue weighted by Gasteiger charge is 2.34. The molecule has 0 unspecified atom stereocenters. The Morgan fingerprint density at radius 1 is 1.47 bits per heavy atom. The van der Waals surface area contributed by atoms with Crippen LogP contribution in [-0.4, -0.2) is 11.1 Å². The second kappa shape index (κ2) is 4.75. The van der Waals surface area contributed by atoms with Crippen molar-refractivity contribution in [3.05, 3.63) is 33.3 Å². The van der Waals surface area contributed by atoms with Gasteiger partial charge in [-0.2, -0.15) is 18.4 Å². The van der Waals surface area contributed by atoms with E-state index in [9.17, 15) is 18.0 Å². The molecule has 0 aromatic heterocycles. The van der Waals surface area contributed by atoms with E-state index in [0.717, 1.165) is 12.1 Å². The molecule has 0 spiro atoms. The Bertz CT molecular complexity index is 505. The Balaban J connectivity index is 3.40. The summed E-state index contributed by atoms with van der Waals surface area (Å²) in [5, 5.41) is 17.2. The highest BCUT2D eigenvalue weighted by Crippen LogP contribution is 2.37. The van der Waals surface area contributed by atoms with Gasteiger partial charge < -0.3 is 5.11 Å². The molecule has 1 aromatic rings. The third-order valence-electron chi connectivity index (χ3n) is 1.91. The Kier molecular flexibility index (Phi) is 3.78. The zero-order valence-corrected chi connectivity index (χ0v) is 9.76. The lowest BCUT2D eigenvalue weighted by molar-refractivity contribution is -0.139. The van der Waals surface area contributed by atoms with Crippen LogP contribution in [0.3, 0.4) is 0 Å². The lowest BCUT2D eigenvalue weighted by atomic mass is 10.0. The van der Waals surface area contributed by atoms with E-state index in [1.807, 2.05) is 0 Å². The number of rotatable bonds is 2. The van der Waals surface area contributed by atoms with E-state index < -0.39 is 24.1 Å². The van der Waals surface area contributed by atoms with E-state index in [0.29, 0.717) is 0 Å². The van der Waals surface area contributed by atoms with E-state index in [1.165, 1.54) is 0 Å². The van der Waals surface area contributed by atoms with Crippen LogP contribution in [0.1, 0.15) is 16.7 Å². The molecular weight excluding hydrogens is 303 g/mol. The van der Waals surface area contributed by atoms with E-state index in [2.05, 4.69) is 15.9 Å². The Hall–Kier alpha value is -1.55. The van der Waals surface area contributed by atoms with Crippen LogP contribution < -0.4 is 0 Å². The third-order valence-corrected chi connectivity index (χ3v) is 2.77. The van der Waals surface area contributed by atoms with Crippen molar-refractivity contribution in [1.82, 2.24) is 0 Å². The van der Waals surface area contributed by atoms with Crippen LogP contribution in [0.4, 0.5) is 13.2 Å². The average molecular weight is 308 g/mol. The topological polar surface area (TPSA) is 61.1 Å². The Morgan fingerprint density at radius 3 is 2.47 bits per heavy atom. The van der Waals surface area contributed by atoms with Crippen molar-refractivity contribution in [3.63, 3.8) is 0 Å². The van der Waals surface area contributed by atoms with Gasteiger partial charge in [-0.25, -0.2) is 0 Å². The molecule has 0 aliphatic rings. The average Bonchev–Trinajstić information content (AvgIpc) is 2.17. The minimum Gasteiger partial charge on any atom is -0.481 e. The summed E-state index contributed by atoms with van der Waals surface area (Å²) in [5.74, 6) is -1.26. The van der Waals surface area contributed by atoms with E-state index >= 15 is 0 Å². The molecule has 0 atom stereocenters. The van der Waals surface area contributed by atoms with Crippen LogP contribution in [-0.2, 0) is 17.4 Å². The van der Waals surface area contributed by atoms with Crippen molar-refractivity contribution in [2.24, 2.45) is 0 Å². The number of carboxylic acids is 1. The van der Waals surface area contributed by atoms with Gasteiger partial charge in [0.05, 0.1) is 17.5 Å². The van der Waals surface area contributed by atoms with Gasteiger partial charge in [0.25, 0.3) is 0 Å². The third kappa shape index (κ3) is 3.20. The van der Waals surface area contributed by atoms with Gasteiger partial charge in [0.2, 0.25) is 0 Å². The summed E-state index contributed by atoms with van der Waals surface area (Å²) in [5.41, 5.74) is -1.35. The normalized spacial score (nSPS) is 11.0. The molecule has 1 rings (SSSR count). The number of halogens is 4. The predicted molar refractivity (Wildman–Crippen MR) is 55.2 cm³/mol. The molecule has 1 aromatic carbocycles. The summed E-state index contributed by atoms with van der Waals surface area (Å²) in [4.78, 5) is 10.4. The monoisotopic (exact) mass is 307 g/mol. The molecule has 0 aliphatic carbocycles. The number of nitrogens with zero attached hydrogens (tertiary/aromatic N) is 1. The van der Waals surface area contributed by atoms with Gasteiger partial charge in [0.15, 0.2) is 0 Å². The molecule has 0 aliphatic heterocycles. The zero-order valence-electron chi connectivity index (χ0n) is 8.18. The maximum Gasteiger partial charge on any atom is 0.417 e. The molecule has 0 bridgehead atoms. The van der Waals surface area contributed by atoms with E-state index in [1.54, 1.807) is 6.07 Å². The van der Waals surface area contributed by atoms with Crippen LogP contribution >= 0.6 is 15.9 Å². The standard InChI is InChI=1S/C10H5BrF3NO2/c11-9-6(4-15)1-5(3-8(16)17)2-7(9)10(12,13)14/h1-2H,3H2,(H,16,17). The molecule has 90 valence electrons. The van der Waals surface area contributed by atoms with Crippen molar-refractivity contribution in [2.45, 2.75) is 12.6 Å². The lowest BCUT2D eigenvalue weighted by Crippen LogP contribution is -2.09. The molecule has 0 saturated heterocycles. The summed E-state index contributed by atoms with van der Waals surface area (Å²) < 4.78 is 37.4. The van der Waals surface area contributed by atoms with Gasteiger partial charge in [0, 0.05) is 4.47 Å². The molecule has 0 amide bonds. The SMILES string of the molecule is N#Cc1cc(CC(=O)O)cc(C(F)(F)F)c1Br. The Morgan fingerprint density at radius 2 is 2.06 bits per heavy atom. The van der Waals surface area contributed by atoms with Crippen LogP contribution in [0, 0.1) is 11.3 Å². The fourth-order valence-electron chi connectivity index (χ4n) is 1.25. The minimum atomic E-state index is -4.64. The first kappa shape index (κ1) is 13.5. The van der Waals surface area contributed by atoms with Crippen LogP contribution in [0.2, 0.25) is 0 Å². The highest BCUT2D eigenvalue weighted by molar-refractivity contribution is 9.10. The summed E-state index contributed by atoms with van der Waals surface area (Å²) in [6, 6.07) is 3.42. The maximum absolute atomic E-state index is 12.6. The first-order valence-corrected chi connectivity index (χ1v) is 5.06. The molecule has 17 heavy (non-hydrogen) atoms. The zero-order chi connectivity index (χ0) is 13.2. The van der Waals surface area contributed by atoms with Crippen LogP contribution in [0.15, 0.2) is 16.6 Å². The predicted octanol–water partition coefficient (Wildman–Crippen LogP) is 2.97. The quantitative estimate of drug-likeness (QED) is 0.913. The lowest BCUT2D eigenvalue weighted by Gasteiger charge is -2.11. The van der Waals surface area contributed by atoms with Gasteiger partial charge in [-0.1, -0.05) is 0 Å². The maximum atomic E-state index is 12.6. The number of benzene rings is 1. The number of carbonyl (C=O) groups is 1. The fraction of sp³-hybridized carbons (Fsp3) is 0.200. The first-order valence-electron chi connectivity index (χ1n) is 4.27. The van der Waals surface area contributed by atoms with Crippen molar-refractivity contribution >= 4 is 21.9 Å². The van der Waals surface area contributed by atoms with Crippen molar-refractivity contribution in [3.8, 4) is 6.07 Å². The Labute approximate surface area is 103 Å². The van der Waals surface area contributed by atoms with Gasteiger partial charge in [0.1, 0.15) is 6.07 Å². The van der Waals surface area contributed by atoms with Gasteiger partial charge >= 0.3 is 12.1 Å². The molecule has 0 fully saturated rings. The fourth-order valence-corrected chi connectivity index (χ4v) is 1.79. The molecule has 0 radical (unpaired) electrons. The van der Waals surface area contributed by atoms with Gasteiger partial charge in [-0.05, 0) is 33.6 Å². The minimum absolute atomic E-state index is 0.0652. The van der Waals surface area contributed by atoms with E-state index in [-0.39, 0.29) is 15.6 Å². The molecule has 0 heterocycles. The molecular formula is C10H5BrF3NO2. The summed E-state index contributed by atoms with van der Waals surface area (Å²) >= 11 is 2.69. The smallest absolute Gasteiger partial charge is 0.417 e. The summed E-state index contributed by atoms with van der Waals surface area (Å²) in [6.07, 6.45) is -5.20. The van der Waals surface area contributed by atoms with Gasteiger partial charge in [-0.3, -0.25) is 4.79 Å². The first-order chi connectivity index (χ1) is 7.75. The van der Waals surface area contributed by atoms with E-state index in [4.69, 9.17) is 10.4 Å². The van der Waals surface area contributed by atoms with Gasteiger partial charge in [-0.15, -0.1) is 0 Å². The number of carboxylic acid groups (broad SMARTS) is 1. The molecule has 3 nitrogen and oxygen atoms in total. The second-order valence-corrected chi connectivity index (χ2v) is 3.98. The number of hydrogen-bond donors (Lipinski definition) is 1. The number of alkyl halides is 3. The second-order valence-electron chi connectivity index (χ2n) is 3.19. The highest BCUT2D eigenvalue weighted by atomic mass is 79.9. The number of nitriles is 1. The van der Waals surface area contributed by atoms with Crippen LogP contribution in [0.5, 0.6) is 0 Å². The summed E-state index contributed by atoms with van der Waals surface area (Å²) in [6.45, 7) is 0. The number of hydrogen-bond acceptors (Lipinski definition) is 2. The molecule has 1 N–H and O–H groups in total. The summed E-state index contributed by atoms with van der Waals surface area (Å²) in [7, 11) is 0.